The molecule has 0 amide bonds. The summed E-state index contributed by atoms with van der Waals surface area (Å²) in [6.45, 7) is 0. The van der Waals surface area contributed by atoms with Gasteiger partial charge in [0.25, 0.3) is 0 Å². The Morgan fingerprint density at radius 2 is 1.50 bits per heavy atom. The first-order valence-corrected chi connectivity index (χ1v) is 2.91. The van der Waals surface area contributed by atoms with Gasteiger partial charge in [-0.1, -0.05) is 6.42 Å². The molecule has 1 aliphatic rings. The number of hydrogen-bond donors (Lipinski definition) is 0. The van der Waals surface area contributed by atoms with E-state index >= 15 is 0 Å². The van der Waals surface area contributed by atoms with Gasteiger partial charge in [-0.3, -0.25) is 4.79 Å². The summed E-state index contributed by atoms with van der Waals surface area (Å²) in [5.41, 5.74) is 0. The first-order valence-electron chi connectivity index (χ1n) is 2.91. The second-order valence-corrected chi connectivity index (χ2v) is 2.10. The molecule has 1 nitrogen and oxygen atoms in total. The fourth-order valence-electron chi connectivity index (χ4n) is 0.946. The minimum Gasteiger partial charge on any atom is -0.300 e. The van der Waals surface area contributed by atoms with Crippen molar-refractivity contribution in [3.8, 4) is 0 Å². The van der Waals surface area contributed by atoms with Gasteiger partial charge in [0.2, 0.25) is 0 Å². The summed E-state index contributed by atoms with van der Waals surface area (Å²) in [5.74, 6) is 0.464. The van der Waals surface area contributed by atoms with E-state index in [0.717, 1.165) is 25.7 Å². The van der Waals surface area contributed by atoms with Crippen molar-refractivity contribution < 1.29 is 4.79 Å². The monoisotopic (exact) mass is 218 g/mol. The molecule has 0 aromatic carbocycles. The Bertz CT molecular complexity index is 72.6. The summed E-state index contributed by atoms with van der Waals surface area (Å²) >= 11 is 0. The molecule has 0 aromatic rings. The van der Waals surface area contributed by atoms with Crippen LogP contribution in [0.1, 0.15) is 32.1 Å². The average molecular weight is 217 g/mol. The van der Waals surface area contributed by atoms with Gasteiger partial charge in [-0.15, -0.1) is 0 Å². The summed E-state index contributed by atoms with van der Waals surface area (Å²) in [4.78, 5) is 10.5. The van der Waals surface area contributed by atoms with Crippen LogP contribution < -0.4 is 0 Å². The molecular weight excluding hydrogens is 207 g/mol. The summed E-state index contributed by atoms with van der Waals surface area (Å²) in [7, 11) is 0. The van der Waals surface area contributed by atoms with Gasteiger partial charge in [-0.2, -0.15) is 0 Å². The van der Waals surface area contributed by atoms with E-state index in [-0.39, 0.29) is 23.9 Å². The molecule has 1 saturated carbocycles. The Labute approximate surface area is 66.8 Å². The van der Waals surface area contributed by atoms with Crippen molar-refractivity contribution in [2.75, 3.05) is 0 Å². The van der Waals surface area contributed by atoms with Crippen molar-refractivity contribution in [3.05, 3.63) is 0 Å². The van der Waals surface area contributed by atoms with E-state index in [9.17, 15) is 4.79 Å². The van der Waals surface area contributed by atoms with Gasteiger partial charge in [0.1, 0.15) is 5.78 Å². The molecule has 0 heterocycles. The van der Waals surface area contributed by atoms with Gasteiger partial charge in [-0.25, -0.2) is 0 Å². The maximum atomic E-state index is 10.5. The predicted octanol–water partition coefficient (Wildman–Crippen LogP) is 1.14. The first kappa shape index (κ1) is 8.47. The number of carbonyl (C=O) groups is 1. The predicted molar refractivity (Wildman–Crippen MR) is 33.8 cm³/mol. The Morgan fingerprint density at radius 3 is 1.75 bits per heavy atom. The number of hydrogen-bond acceptors (Lipinski definition) is 1. The van der Waals surface area contributed by atoms with Crippen LogP contribution in [-0.2, 0) is 4.79 Å². The van der Waals surface area contributed by atoms with E-state index in [1.807, 2.05) is 0 Å². The Morgan fingerprint density at radius 1 is 1.00 bits per heavy atom. The van der Waals surface area contributed by atoms with E-state index in [2.05, 4.69) is 0 Å². The van der Waals surface area contributed by atoms with Crippen molar-refractivity contribution in [2.45, 2.75) is 32.1 Å². The maximum absolute atomic E-state index is 10.5. The van der Waals surface area contributed by atoms with Gasteiger partial charge < -0.3 is 0 Å². The SMILES string of the molecule is O=C1CCCCC1.[Sn]. The summed E-state index contributed by atoms with van der Waals surface area (Å²) < 4.78 is 0. The van der Waals surface area contributed by atoms with Gasteiger partial charge >= 0.3 is 0 Å². The zero-order chi connectivity index (χ0) is 5.11. The van der Waals surface area contributed by atoms with Crippen molar-refractivity contribution in [1.82, 2.24) is 0 Å². The first-order chi connectivity index (χ1) is 3.39. The second-order valence-electron chi connectivity index (χ2n) is 2.10. The molecule has 1 fully saturated rings. The second kappa shape index (κ2) is 4.36. The molecule has 1 aliphatic carbocycles. The fraction of sp³-hybridized carbons (Fsp3) is 0.833. The fourth-order valence-corrected chi connectivity index (χ4v) is 0.946. The van der Waals surface area contributed by atoms with Crippen LogP contribution in [0, 0.1) is 0 Å². The van der Waals surface area contributed by atoms with Crippen LogP contribution in [0.25, 0.3) is 0 Å². The van der Waals surface area contributed by atoms with Crippen LogP contribution in [-0.4, -0.2) is 29.7 Å². The minimum atomic E-state index is 0. The van der Waals surface area contributed by atoms with Crippen LogP contribution in [0.4, 0.5) is 0 Å². The third-order valence-corrected chi connectivity index (χ3v) is 1.41. The van der Waals surface area contributed by atoms with Crippen molar-refractivity contribution in [1.29, 1.82) is 0 Å². The molecule has 2 heteroatoms. The standard InChI is InChI=1S/C6H10O.Sn/c7-6-4-2-1-3-5-6;/h1-5H2;. The molecule has 0 atom stereocenters. The van der Waals surface area contributed by atoms with Gasteiger partial charge in [-0.05, 0) is 12.8 Å². The number of rotatable bonds is 0. The zero-order valence-corrected chi connectivity index (χ0v) is 7.80. The molecular formula is C6H10OSn. The van der Waals surface area contributed by atoms with E-state index in [0.29, 0.717) is 5.78 Å². The molecule has 0 saturated heterocycles. The quantitative estimate of drug-likeness (QED) is 0.556. The van der Waals surface area contributed by atoms with Crippen LogP contribution in [0.2, 0.25) is 0 Å². The normalized spacial score (nSPS) is 19.8. The van der Waals surface area contributed by atoms with E-state index < -0.39 is 0 Å². The summed E-state index contributed by atoms with van der Waals surface area (Å²) in [5, 5.41) is 0. The molecule has 0 bridgehead atoms. The third-order valence-electron chi connectivity index (χ3n) is 1.41. The zero-order valence-electron chi connectivity index (χ0n) is 4.94. The van der Waals surface area contributed by atoms with Crippen LogP contribution >= 0.6 is 0 Å². The summed E-state index contributed by atoms with van der Waals surface area (Å²) in [6, 6.07) is 0. The Balaban J connectivity index is 0.000000490. The molecule has 0 spiro atoms. The average Bonchev–Trinajstić information content (AvgIpc) is 1.69. The van der Waals surface area contributed by atoms with Crippen molar-refractivity contribution >= 4 is 29.7 Å². The largest absolute Gasteiger partial charge is 0.300 e. The van der Waals surface area contributed by atoms with E-state index in [4.69, 9.17) is 0 Å². The van der Waals surface area contributed by atoms with Crippen LogP contribution in [0.3, 0.4) is 0 Å². The molecule has 1 rings (SSSR count). The topological polar surface area (TPSA) is 17.1 Å². The molecule has 8 heavy (non-hydrogen) atoms. The van der Waals surface area contributed by atoms with Gasteiger partial charge in [0, 0.05) is 36.7 Å². The molecule has 0 aromatic heterocycles. The van der Waals surface area contributed by atoms with Crippen LogP contribution in [0.5, 0.6) is 0 Å². The molecule has 0 unspecified atom stereocenters. The number of carbonyl (C=O) groups excluding carboxylic acids is 1. The van der Waals surface area contributed by atoms with Crippen LogP contribution in [0.15, 0.2) is 0 Å². The van der Waals surface area contributed by atoms with E-state index in [1.165, 1.54) is 6.42 Å². The molecule has 0 aliphatic heterocycles. The number of Topliss-reactive ketones (excluding diaryl/α,β-unsaturated/α-hetero) is 1. The van der Waals surface area contributed by atoms with Gasteiger partial charge in [0.15, 0.2) is 0 Å². The molecule has 0 N–H and O–H groups in total. The van der Waals surface area contributed by atoms with Gasteiger partial charge in [0.05, 0.1) is 0 Å². The van der Waals surface area contributed by atoms with Crippen molar-refractivity contribution in [2.24, 2.45) is 0 Å². The smallest absolute Gasteiger partial charge is 0.132 e. The third kappa shape index (κ3) is 2.70. The molecule has 4 radical (unpaired) electrons. The summed E-state index contributed by atoms with van der Waals surface area (Å²) in [6.07, 6.45) is 5.24. The Kier molecular flexibility index (Phi) is 4.61. The number of ketones is 1. The van der Waals surface area contributed by atoms with Crippen molar-refractivity contribution in [3.63, 3.8) is 0 Å². The van der Waals surface area contributed by atoms with E-state index in [1.54, 1.807) is 0 Å². The Hall–Kier alpha value is 0.469. The molecule has 44 valence electrons. The minimum absolute atomic E-state index is 0. The maximum Gasteiger partial charge on any atom is 0.132 e.